The lowest BCUT2D eigenvalue weighted by atomic mass is 9.75. The van der Waals surface area contributed by atoms with Crippen LogP contribution < -0.4 is 5.32 Å². The van der Waals surface area contributed by atoms with E-state index in [0.29, 0.717) is 11.5 Å². The predicted octanol–water partition coefficient (Wildman–Crippen LogP) is 3.30. The van der Waals surface area contributed by atoms with E-state index in [9.17, 15) is 0 Å². The van der Waals surface area contributed by atoms with E-state index in [1.165, 1.54) is 31.5 Å². The maximum absolute atomic E-state index is 4.18. The molecule has 0 amide bonds. The van der Waals surface area contributed by atoms with E-state index in [1.807, 2.05) is 0 Å². The maximum atomic E-state index is 4.18. The minimum Gasteiger partial charge on any atom is -0.311 e. The van der Waals surface area contributed by atoms with Gasteiger partial charge in [-0.3, -0.25) is 4.90 Å². The van der Waals surface area contributed by atoms with E-state index in [1.54, 1.807) is 0 Å². The second-order valence-electron chi connectivity index (χ2n) is 7.20. The molecule has 1 fully saturated rings. The van der Waals surface area contributed by atoms with Gasteiger partial charge in [-0.1, -0.05) is 41.2 Å². The molecule has 0 aliphatic carbocycles. The predicted molar refractivity (Wildman–Crippen MR) is 80.9 cm³/mol. The van der Waals surface area contributed by atoms with E-state index in [0.717, 1.165) is 19.0 Å². The normalized spacial score (nSPS) is 19.4. The van der Waals surface area contributed by atoms with Crippen LogP contribution in [0.5, 0.6) is 0 Å². The third-order valence-corrected chi connectivity index (χ3v) is 4.02. The Balaban J connectivity index is 2.25. The van der Waals surface area contributed by atoms with Crippen LogP contribution in [-0.4, -0.2) is 37.1 Å². The fourth-order valence-electron chi connectivity index (χ4n) is 2.68. The van der Waals surface area contributed by atoms with Gasteiger partial charge in [-0.2, -0.15) is 0 Å². The van der Waals surface area contributed by atoms with Crippen molar-refractivity contribution in [3.05, 3.63) is 12.2 Å². The largest absolute Gasteiger partial charge is 0.311 e. The molecular formula is C16H32N2. The minimum absolute atomic E-state index is 0.475. The van der Waals surface area contributed by atoms with Gasteiger partial charge in [0.15, 0.2) is 0 Å². The Morgan fingerprint density at radius 2 is 1.83 bits per heavy atom. The molecule has 1 saturated heterocycles. The van der Waals surface area contributed by atoms with Gasteiger partial charge in [0.1, 0.15) is 0 Å². The molecule has 1 heterocycles. The summed E-state index contributed by atoms with van der Waals surface area (Å²) in [5.74, 6) is 0.885. The number of hydrogen-bond acceptors (Lipinski definition) is 2. The molecule has 1 N–H and O–H groups in total. The first kappa shape index (κ1) is 15.7. The van der Waals surface area contributed by atoms with Crippen LogP contribution >= 0.6 is 0 Å². The molecule has 0 atom stereocenters. The molecule has 0 unspecified atom stereocenters. The summed E-state index contributed by atoms with van der Waals surface area (Å²) in [7, 11) is 0. The Kier molecular flexibility index (Phi) is 5.87. The number of piperidine rings is 1. The standard InChI is InChI=1S/C16H32N2/c1-13(2)17-11-14(3)12-18-9-7-15(8-10-18)16(4,5)6/h13,15,17H,3,7-12H2,1-2,4-6H3. The monoisotopic (exact) mass is 252 g/mol. The molecule has 1 aliphatic heterocycles. The highest BCUT2D eigenvalue weighted by Crippen LogP contribution is 2.34. The highest BCUT2D eigenvalue weighted by Gasteiger charge is 2.28. The van der Waals surface area contributed by atoms with Crippen molar-refractivity contribution in [2.75, 3.05) is 26.2 Å². The highest BCUT2D eigenvalue weighted by atomic mass is 15.1. The quantitative estimate of drug-likeness (QED) is 0.755. The van der Waals surface area contributed by atoms with Gasteiger partial charge in [-0.05, 0) is 42.8 Å². The molecule has 1 rings (SSSR count). The molecule has 0 spiro atoms. The smallest absolute Gasteiger partial charge is 0.0202 e. The third kappa shape index (κ3) is 5.53. The summed E-state index contributed by atoms with van der Waals surface area (Å²) >= 11 is 0. The van der Waals surface area contributed by atoms with Gasteiger partial charge in [0, 0.05) is 19.1 Å². The SMILES string of the molecule is C=C(CNC(C)C)CN1CCC(C(C)(C)C)CC1. The van der Waals surface area contributed by atoms with Gasteiger partial charge in [0.2, 0.25) is 0 Å². The summed E-state index contributed by atoms with van der Waals surface area (Å²) in [6, 6.07) is 0.549. The second kappa shape index (κ2) is 6.72. The molecule has 0 aromatic carbocycles. The summed E-state index contributed by atoms with van der Waals surface area (Å²) in [6.45, 7) is 20.2. The number of rotatable bonds is 5. The van der Waals surface area contributed by atoms with Crippen molar-refractivity contribution >= 4 is 0 Å². The Bertz CT molecular complexity index is 255. The first-order valence-corrected chi connectivity index (χ1v) is 7.41. The fraction of sp³-hybridized carbons (Fsp3) is 0.875. The van der Waals surface area contributed by atoms with Crippen LogP contribution in [0.1, 0.15) is 47.5 Å². The zero-order valence-electron chi connectivity index (χ0n) is 13.1. The van der Waals surface area contributed by atoms with Crippen LogP contribution in [0.4, 0.5) is 0 Å². The van der Waals surface area contributed by atoms with Crippen LogP contribution in [0.2, 0.25) is 0 Å². The maximum Gasteiger partial charge on any atom is 0.0202 e. The zero-order chi connectivity index (χ0) is 13.8. The van der Waals surface area contributed by atoms with E-state index in [4.69, 9.17) is 0 Å². The van der Waals surface area contributed by atoms with E-state index >= 15 is 0 Å². The van der Waals surface area contributed by atoms with Crippen molar-refractivity contribution in [1.29, 1.82) is 0 Å². The van der Waals surface area contributed by atoms with Gasteiger partial charge in [0.05, 0.1) is 0 Å². The van der Waals surface area contributed by atoms with Crippen molar-refractivity contribution < 1.29 is 0 Å². The van der Waals surface area contributed by atoms with Gasteiger partial charge in [-0.25, -0.2) is 0 Å². The number of likely N-dealkylation sites (tertiary alicyclic amines) is 1. The minimum atomic E-state index is 0.475. The summed E-state index contributed by atoms with van der Waals surface area (Å²) in [4.78, 5) is 2.56. The number of nitrogens with zero attached hydrogens (tertiary/aromatic N) is 1. The molecule has 106 valence electrons. The molecule has 0 radical (unpaired) electrons. The molecule has 0 aromatic heterocycles. The van der Waals surface area contributed by atoms with Crippen molar-refractivity contribution in [3.8, 4) is 0 Å². The Labute approximate surface area is 114 Å². The second-order valence-corrected chi connectivity index (χ2v) is 7.20. The molecule has 2 nitrogen and oxygen atoms in total. The van der Waals surface area contributed by atoms with Gasteiger partial charge < -0.3 is 5.32 Å². The molecular weight excluding hydrogens is 220 g/mol. The van der Waals surface area contributed by atoms with Crippen LogP contribution in [0.25, 0.3) is 0 Å². The van der Waals surface area contributed by atoms with Crippen molar-refractivity contribution in [1.82, 2.24) is 10.2 Å². The van der Waals surface area contributed by atoms with Crippen LogP contribution in [0.3, 0.4) is 0 Å². The van der Waals surface area contributed by atoms with Crippen LogP contribution in [-0.2, 0) is 0 Å². The fourth-order valence-corrected chi connectivity index (χ4v) is 2.68. The zero-order valence-corrected chi connectivity index (χ0v) is 13.1. The number of nitrogens with one attached hydrogen (secondary N) is 1. The van der Waals surface area contributed by atoms with E-state index in [-0.39, 0.29) is 0 Å². The average Bonchev–Trinajstić information content (AvgIpc) is 2.26. The van der Waals surface area contributed by atoms with Crippen molar-refractivity contribution in [2.24, 2.45) is 11.3 Å². The van der Waals surface area contributed by atoms with Crippen LogP contribution in [0, 0.1) is 11.3 Å². The van der Waals surface area contributed by atoms with Crippen molar-refractivity contribution in [3.63, 3.8) is 0 Å². The van der Waals surface area contributed by atoms with E-state index < -0.39 is 0 Å². The Morgan fingerprint density at radius 1 is 1.28 bits per heavy atom. The first-order chi connectivity index (χ1) is 8.29. The lowest BCUT2D eigenvalue weighted by Crippen LogP contribution is -2.40. The lowest BCUT2D eigenvalue weighted by Gasteiger charge is -2.39. The molecule has 1 aliphatic rings. The lowest BCUT2D eigenvalue weighted by molar-refractivity contribution is 0.118. The topological polar surface area (TPSA) is 15.3 Å². The Hall–Kier alpha value is -0.340. The first-order valence-electron chi connectivity index (χ1n) is 7.41. The summed E-state index contributed by atoms with van der Waals surface area (Å²) in [5, 5.41) is 3.44. The van der Waals surface area contributed by atoms with Crippen LogP contribution in [0.15, 0.2) is 12.2 Å². The van der Waals surface area contributed by atoms with Gasteiger partial charge in [-0.15, -0.1) is 0 Å². The summed E-state index contributed by atoms with van der Waals surface area (Å²) in [5.41, 5.74) is 1.79. The Morgan fingerprint density at radius 3 is 2.28 bits per heavy atom. The van der Waals surface area contributed by atoms with Gasteiger partial charge in [0.25, 0.3) is 0 Å². The van der Waals surface area contributed by atoms with Gasteiger partial charge >= 0.3 is 0 Å². The van der Waals surface area contributed by atoms with E-state index in [2.05, 4.69) is 51.4 Å². The molecule has 0 saturated carbocycles. The molecule has 0 bridgehead atoms. The molecule has 2 heteroatoms. The molecule has 0 aromatic rings. The highest BCUT2D eigenvalue weighted by molar-refractivity contribution is 5.00. The van der Waals surface area contributed by atoms with Crippen molar-refractivity contribution in [2.45, 2.75) is 53.5 Å². The summed E-state index contributed by atoms with van der Waals surface area (Å²) < 4.78 is 0. The molecule has 18 heavy (non-hydrogen) atoms. The average molecular weight is 252 g/mol. The summed E-state index contributed by atoms with van der Waals surface area (Å²) in [6.07, 6.45) is 2.68. The third-order valence-electron chi connectivity index (χ3n) is 4.02. The number of hydrogen-bond donors (Lipinski definition) is 1.